The highest BCUT2D eigenvalue weighted by Crippen LogP contribution is 2.37. The summed E-state index contributed by atoms with van der Waals surface area (Å²) >= 11 is 0. The molecule has 1 unspecified atom stereocenters. The van der Waals surface area contributed by atoms with E-state index in [1.54, 1.807) is 7.05 Å². The zero-order valence-electron chi connectivity index (χ0n) is 10.6. The topological polar surface area (TPSA) is 91.3 Å². The van der Waals surface area contributed by atoms with Crippen molar-refractivity contribution in [2.24, 2.45) is 0 Å². The molecule has 1 aliphatic rings. The predicted molar refractivity (Wildman–Crippen MR) is 63.2 cm³/mol. The average molecular weight is 254 g/mol. The molecule has 1 aromatic heterocycles. The summed E-state index contributed by atoms with van der Waals surface area (Å²) in [6.07, 6.45) is 1.50. The average Bonchev–Trinajstić information content (AvgIpc) is 3.06. The number of aromatic nitrogens is 3. The Morgan fingerprint density at radius 2 is 2.39 bits per heavy atom. The van der Waals surface area contributed by atoms with E-state index in [1.807, 2.05) is 0 Å². The number of H-pyrrole nitrogens is 1. The van der Waals surface area contributed by atoms with Gasteiger partial charge in [0, 0.05) is 26.6 Å². The second-order valence-corrected chi connectivity index (χ2v) is 4.61. The van der Waals surface area contributed by atoms with E-state index in [-0.39, 0.29) is 24.9 Å². The minimum Gasteiger partial charge on any atom is -0.389 e. The van der Waals surface area contributed by atoms with Crippen molar-refractivity contribution < 1.29 is 14.6 Å². The Hall–Kier alpha value is -1.47. The molecule has 2 N–H and O–H groups in total. The smallest absolute Gasteiger partial charge is 0.293 e. The van der Waals surface area contributed by atoms with Gasteiger partial charge in [-0.15, -0.1) is 5.10 Å². The van der Waals surface area contributed by atoms with Gasteiger partial charge < -0.3 is 14.7 Å². The van der Waals surface area contributed by atoms with Crippen molar-refractivity contribution in [3.05, 3.63) is 11.6 Å². The molecule has 1 atom stereocenters. The van der Waals surface area contributed by atoms with Crippen molar-refractivity contribution in [2.45, 2.75) is 24.9 Å². The third kappa shape index (κ3) is 3.05. The van der Waals surface area contributed by atoms with Crippen LogP contribution in [0.1, 0.15) is 35.2 Å². The van der Waals surface area contributed by atoms with Crippen LogP contribution in [0.25, 0.3) is 0 Å². The number of amides is 1. The highest BCUT2D eigenvalue weighted by Gasteiger charge is 2.29. The number of nitrogens with one attached hydrogen (secondary N) is 1. The number of ether oxygens (including phenoxy) is 1. The molecule has 0 bridgehead atoms. The summed E-state index contributed by atoms with van der Waals surface area (Å²) in [7, 11) is 3.11. The third-order valence-electron chi connectivity index (χ3n) is 2.85. The van der Waals surface area contributed by atoms with Gasteiger partial charge in [0.1, 0.15) is 5.82 Å². The van der Waals surface area contributed by atoms with Gasteiger partial charge in [0.15, 0.2) is 0 Å². The van der Waals surface area contributed by atoms with Crippen LogP contribution in [0.2, 0.25) is 0 Å². The molecule has 0 aliphatic heterocycles. The standard InChI is InChI=1S/C11H18N4O3/c1-15(5-8(16)6-18-2)11(17)10-12-9(13-14-10)7-3-4-7/h7-8,16H,3-6H2,1-2H3,(H,12,13,14). The molecular weight excluding hydrogens is 236 g/mol. The van der Waals surface area contributed by atoms with E-state index < -0.39 is 6.10 Å². The lowest BCUT2D eigenvalue weighted by molar-refractivity contribution is 0.0375. The molecule has 2 rings (SSSR count). The molecule has 1 aliphatic carbocycles. The summed E-state index contributed by atoms with van der Waals surface area (Å²) in [6.45, 7) is 0.388. The fourth-order valence-electron chi connectivity index (χ4n) is 1.72. The fourth-order valence-corrected chi connectivity index (χ4v) is 1.72. The van der Waals surface area contributed by atoms with Gasteiger partial charge in [-0.3, -0.25) is 9.89 Å². The van der Waals surface area contributed by atoms with Crippen LogP contribution in [0.5, 0.6) is 0 Å². The monoisotopic (exact) mass is 254 g/mol. The van der Waals surface area contributed by atoms with E-state index in [0.717, 1.165) is 18.7 Å². The van der Waals surface area contributed by atoms with Gasteiger partial charge in [0.25, 0.3) is 5.91 Å². The van der Waals surface area contributed by atoms with Gasteiger partial charge in [-0.25, -0.2) is 4.98 Å². The molecule has 0 saturated heterocycles. The van der Waals surface area contributed by atoms with Crippen LogP contribution in [0.15, 0.2) is 0 Å². The summed E-state index contributed by atoms with van der Waals surface area (Å²) in [5.41, 5.74) is 0. The number of rotatable bonds is 6. The summed E-state index contributed by atoms with van der Waals surface area (Å²) < 4.78 is 4.81. The van der Waals surface area contributed by atoms with Crippen molar-refractivity contribution in [3.63, 3.8) is 0 Å². The van der Waals surface area contributed by atoms with Crippen molar-refractivity contribution in [1.29, 1.82) is 0 Å². The number of carbonyl (C=O) groups is 1. The van der Waals surface area contributed by atoms with E-state index >= 15 is 0 Å². The Morgan fingerprint density at radius 1 is 1.67 bits per heavy atom. The first-order valence-electron chi connectivity index (χ1n) is 5.96. The minimum atomic E-state index is -0.703. The van der Waals surface area contributed by atoms with Crippen molar-refractivity contribution in [2.75, 3.05) is 27.3 Å². The zero-order valence-corrected chi connectivity index (χ0v) is 10.6. The maximum atomic E-state index is 12.0. The number of nitrogens with zero attached hydrogens (tertiary/aromatic N) is 3. The Labute approximate surface area is 105 Å². The summed E-state index contributed by atoms with van der Waals surface area (Å²) in [5.74, 6) is 1.07. The lowest BCUT2D eigenvalue weighted by atomic mass is 10.3. The van der Waals surface area contributed by atoms with Crippen LogP contribution in [-0.4, -0.2) is 64.5 Å². The van der Waals surface area contributed by atoms with Gasteiger partial charge in [-0.05, 0) is 12.8 Å². The molecule has 1 saturated carbocycles. The minimum absolute atomic E-state index is 0.156. The molecule has 7 heteroatoms. The Morgan fingerprint density at radius 3 is 3.00 bits per heavy atom. The molecule has 1 heterocycles. The Kier molecular flexibility index (Phi) is 3.93. The van der Waals surface area contributed by atoms with Crippen molar-refractivity contribution in [3.8, 4) is 0 Å². The summed E-state index contributed by atoms with van der Waals surface area (Å²) in [4.78, 5) is 17.5. The molecular formula is C11H18N4O3. The van der Waals surface area contributed by atoms with Crippen molar-refractivity contribution >= 4 is 5.91 Å². The first-order valence-corrected chi connectivity index (χ1v) is 5.96. The quantitative estimate of drug-likeness (QED) is 0.731. The lowest BCUT2D eigenvalue weighted by Gasteiger charge is -2.18. The van der Waals surface area contributed by atoms with Crippen molar-refractivity contribution in [1.82, 2.24) is 20.1 Å². The van der Waals surface area contributed by atoms with Crippen LogP contribution < -0.4 is 0 Å². The lowest BCUT2D eigenvalue weighted by Crippen LogP contribution is -2.36. The number of aliphatic hydroxyl groups is 1. The molecule has 0 spiro atoms. The molecule has 1 aromatic rings. The number of methoxy groups -OCH3 is 1. The number of aliphatic hydroxyl groups excluding tert-OH is 1. The normalized spacial score (nSPS) is 16.6. The molecule has 0 radical (unpaired) electrons. The van der Waals surface area contributed by atoms with E-state index in [1.165, 1.54) is 12.0 Å². The number of aromatic amines is 1. The largest absolute Gasteiger partial charge is 0.389 e. The maximum Gasteiger partial charge on any atom is 0.293 e. The summed E-state index contributed by atoms with van der Waals surface area (Å²) in [6, 6.07) is 0. The van der Waals surface area contributed by atoms with E-state index in [2.05, 4.69) is 15.2 Å². The van der Waals surface area contributed by atoms with Crippen LogP contribution in [0, 0.1) is 0 Å². The number of likely N-dealkylation sites (N-methyl/N-ethyl adjacent to an activating group) is 1. The third-order valence-corrected chi connectivity index (χ3v) is 2.85. The van der Waals surface area contributed by atoms with E-state index in [4.69, 9.17) is 4.74 Å². The molecule has 100 valence electrons. The second kappa shape index (κ2) is 5.45. The van der Waals surface area contributed by atoms with Gasteiger partial charge in [0.05, 0.1) is 12.7 Å². The van der Waals surface area contributed by atoms with Gasteiger partial charge in [-0.2, -0.15) is 0 Å². The highest BCUT2D eigenvalue weighted by atomic mass is 16.5. The SMILES string of the molecule is COCC(O)CN(C)C(=O)c1n[nH]c(C2CC2)n1. The molecule has 1 amide bonds. The molecule has 0 aromatic carbocycles. The zero-order chi connectivity index (χ0) is 13.1. The fraction of sp³-hybridized carbons (Fsp3) is 0.727. The first-order chi connectivity index (χ1) is 8.61. The van der Waals surface area contributed by atoms with E-state index in [0.29, 0.717) is 5.92 Å². The number of carbonyl (C=O) groups excluding carboxylic acids is 1. The van der Waals surface area contributed by atoms with Crippen LogP contribution in [0.3, 0.4) is 0 Å². The molecule has 18 heavy (non-hydrogen) atoms. The molecule has 7 nitrogen and oxygen atoms in total. The number of hydrogen-bond acceptors (Lipinski definition) is 5. The van der Waals surface area contributed by atoms with Crippen LogP contribution >= 0.6 is 0 Å². The maximum absolute atomic E-state index is 12.0. The second-order valence-electron chi connectivity index (χ2n) is 4.61. The van der Waals surface area contributed by atoms with Gasteiger partial charge in [0.2, 0.25) is 5.82 Å². The summed E-state index contributed by atoms with van der Waals surface area (Å²) in [5, 5.41) is 16.2. The Balaban J connectivity index is 1.92. The first kappa shape index (κ1) is 13.0. The van der Waals surface area contributed by atoms with Gasteiger partial charge in [-0.1, -0.05) is 0 Å². The number of hydrogen-bond donors (Lipinski definition) is 2. The van der Waals surface area contributed by atoms with Crippen LogP contribution in [-0.2, 0) is 4.74 Å². The van der Waals surface area contributed by atoms with E-state index in [9.17, 15) is 9.90 Å². The van der Waals surface area contributed by atoms with Crippen LogP contribution in [0.4, 0.5) is 0 Å². The highest BCUT2D eigenvalue weighted by molar-refractivity contribution is 5.90. The molecule has 1 fully saturated rings. The van der Waals surface area contributed by atoms with Gasteiger partial charge >= 0.3 is 0 Å². The Bertz CT molecular complexity index is 416. The predicted octanol–water partition coefficient (Wildman–Crippen LogP) is -0.239.